The molecule has 34 heavy (non-hydrogen) atoms. The molecule has 0 spiro atoms. The van der Waals surface area contributed by atoms with Crippen molar-refractivity contribution in [2.75, 3.05) is 49.9 Å². The van der Waals surface area contributed by atoms with Crippen LogP contribution in [-0.2, 0) is 4.79 Å². The Morgan fingerprint density at radius 2 is 2.00 bits per heavy atom. The largest absolute Gasteiger partial charge is 0.459 e. The van der Waals surface area contributed by atoms with E-state index < -0.39 is 12.0 Å². The lowest BCUT2D eigenvalue weighted by atomic mass is 10.1. The average molecular weight is 476 g/mol. The van der Waals surface area contributed by atoms with Gasteiger partial charge in [-0.15, -0.1) is 0 Å². The summed E-state index contributed by atoms with van der Waals surface area (Å²) in [6.45, 7) is 3.50. The van der Waals surface area contributed by atoms with Crippen LogP contribution in [0.2, 0.25) is 0 Å². The summed E-state index contributed by atoms with van der Waals surface area (Å²) in [5.74, 6) is -1.59. The zero-order valence-electron chi connectivity index (χ0n) is 18.9. The summed E-state index contributed by atoms with van der Waals surface area (Å²) < 4.78 is 38.5. The molecule has 0 unspecified atom stereocenters. The number of carbonyl (C=O) groups is 1. The summed E-state index contributed by atoms with van der Waals surface area (Å²) in [5, 5.41) is 0. The minimum atomic E-state index is -2.71. The molecule has 5 heterocycles. The van der Waals surface area contributed by atoms with E-state index >= 15 is 0 Å². The van der Waals surface area contributed by atoms with Crippen LogP contribution in [0.25, 0.3) is 22.9 Å². The Balaban J connectivity index is 1.31. The molecule has 1 amide bonds. The van der Waals surface area contributed by atoms with Crippen molar-refractivity contribution in [3.8, 4) is 11.7 Å². The molecule has 0 saturated carbocycles. The van der Waals surface area contributed by atoms with Crippen LogP contribution < -0.4 is 10.6 Å². The van der Waals surface area contributed by atoms with Gasteiger partial charge in [0.25, 0.3) is 17.5 Å². The molecule has 2 saturated heterocycles. The van der Waals surface area contributed by atoms with Gasteiger partial charge in [0, 0.05) is 39.1 Å². The van der Waals surface area contributed by atoms with E-state index in [1.54, 1.807) is 21.9 Å². The number of hydrogen-bond acceptors (Lipinski definition) is 9. The Bertz CT molecular complexity index is 1160. The Morgan fingerprint density at radius 1 is 1.21 bits per heavy atom. The number of fused-ring (bicyclic) bond motifs is 1. The molecule has 5 rings (SSSR count). The smallest absolute Gasteiger partial charge is 0.265 e. The number of furan rings is 1. The van der Waals surface area contributed by atoms with Crippen molar-refractivity contribution in [2.24, 2.45) is 0 Å². The fourth-order valence-electron chi connectivity index (χ4n) is 4.50. The summed E-state index contributed by atoms with van der Waals surface area (Å²) in [5.41, 5.74) is 6.69. The minimum Gasteiger partial charge on any atom is -0.459 e. The summed E-state index contributed by atoms with van der Waals surface area (Å²) in [7, 11) is 0. The number of anilines is 2. The zero-order chi connectivity index (χ0) is 23.9. The molecule has 2 N–H and O–H groups in total. The Kier molecular flexibility index (Phi) is 5.84. The highest BCUT2D eigenvalue weighted by Crippen LogP contribution is 2.30. The van der Waals surface area contributed by atoms with Gasteiger partial charge in [-0.1, -0.05) is 6.92 Å². The minimum absolute atomic E-state index is 0.0458. The van der Waals surface area contributed by atoms with Crippen LogP contribution in [-0.4, -0.2) is 81.9 Å². The van der Waals surface area contributed by atoms with Gasteiger partial charge in [0.05, 0.1) is 12.8 Å². The van der Waals surface area contributed by atoms with Crippen molar-refractivity contribution in [1.82, 2.24) is 24.8 Å². The number of rotatable bonds is 6. The summed E-state index contributed by atoms with van der Waals surface area (Å²) in [6.07, 6.45) is 2.78. The number of nitrogens with two attached hydrogens (primary N) is 1. The van der Waals surface area contributed by atoms with Crippen molar-refractivity contribution in [3.63, 3.8) is 0 Å². The molecule has 2 aliphatic rings. The second kappa shape index (κ2) is 8.82. The number of nitrogen functional groups attached to an aromatic ring is 1. The van der Waals surface area contributed by atoms with E-state index in [1.807, 2.05) is 4.90 Å². The number of oxazole rings is 1. The van der Waals surface area contributed by atoms with E-state index in [1.165, 1.54) is 13.2 Å². The van der Waals surface area contributed by atoms with Crippen molar-refractivity contribution in [1.29, 1.82) is 0 Å². The fourth-order valence-corrected chi connectivity index (χ4v) is 4.50. The Labute approximate surface area is 194 Å². The maximum atomic E-state index is 13.7. The number of piperazine rings is 1. The molecule has 182 valence electrons. The molecule has 3 aromatic heterocycles. The SMILES string of the molecule is CCC(F)(F)CN1CCN(C(=O)[C@@H]2CCCN2c2nc(N)c3nc(-c4ccco4)oc3n2)CC1. The van der Waals surface area contributed by atoms with Crippen LogP contribution in [0.3, 0.4) is 0 Å². The predicted octanol–water partition coefficient (Wildman–Crippen LogP) is 2.62. The molecular formula is C22H27F2N7O3. The number of halogens is 2. The molecule has 0 aliphatic carbocycles. The normalized spacial score (nSPS) is 19.9. The van der Waals surface area contributed by atoms with Gasteiger partial charge in [0.1, 0.15) is 6.04 Å². The lowest BCUT2D eigenvalue weighted by molar-refractivity contribution is -0.134. The first-order chi connectivity index (χ1) is 16.3. The van der Waals surface area contributed by atoms with Gasteiger partial charge < -0.3 is 24.4 Å². The Hall–Kier alpha value is -3.28. The van der Waals surface area contributed by atoms with Crippen LogP contribution in [0.1, 0.15) is 26.2 Å². The van der Waals surface area contributed by atoms with Crippen LogP contribution in [0.4, 0.5) is 20.5 Å². The molecule has 2 fully saturated rings. The topological polar surface area (TPSA) is 118 Å². The van der Waals surface area contributed by atoms with E-state index in [0.717, 1.165) is 6.42 Å². The molecule has 0 aromatic carbocycles. The predicted molar refractivity (Wildman–Crippen MR) is 120 cm³/mol. The van der Waals surface area contributed by atoms with Crippen LogP contribution in [0.15, 0.2) is 27.2 Å². The molecule has 0 radical (unpaired) electrons. The van der Waals surface area contributed by atoms with Gasteiger partial charge in [-0.25, -0.2) is 13.8 Å². The monoisotopic (exact) mass is 475 g/mol. The highest BCUT2D eigenvalue weighted by atomic mass is 19.3. The highest BCUT2D eigenvalue weighted by Gasteiger charge is 2.38. The number of carbonyl (C=O) groups excluding carboxylic acids is 1. The molecule has 12 heteroatoms. The van der Waals surface area contributed by atoms with Gasteiger partial charge in [-0.05, 0) is 25.0 Å². The maximum Gasteiger partial charge on any atom is 0.265 e. The van der Waals surface area contributed by atoms with Gasteiger partial charge in [-0.2, -0.15) is 9.97 Å². The average Bonchev–Trinajstić information content (AvgIpc) is 3.59. The zero-order valence-corrected chi connectivity index (χ0v) is 18.9. The fraction of sp³-hybridized carbons (Fsp3) is 0.545. The number of alkyl halides is 2. The van der Waals surface area contributed by atoms with E-state index in [0.29, 0.717) is 56.4 Å². The third-order valence-electron chi connectivity index (χ3n) is 6.46. The highest BCUT2D eigenvalue weighted by molar-refractivity contribution is 5.87. The molecule has 10 nitrogen and oxygen atoms in total. The van der Waals surface area contributed by atoms with Crippen LogP contribution in [0.5, 0.6) is 0 Å². The molecule has 0 bridgehead atoms. The first kappa shape index (κ1) is 22.5. The van der Waals surface area contributed by atoms with Gasteiger partial charge >= 0.3 is 0 Å². The second-order valence-corrected chi connectivity index (χ2v) is 8.72. The first-order valence-corrected chi connectivity index (χ1v) is 11.5. The van der Waals surface area contributed by atoms with E-state index in [-0.39, 0.29) is 36.3 Å². The number of hydrogen-bond donors (Lipinski definition) is 1. The van der Waals surface area contributed by atoms with Gasteiger partial charge in [0.15, 0.2) is 17.1 Å². The quantitative estimate of drug-likeness (QED) is 0.574. The third kappa shape index (κ3) is 4.29. The first-order valence-electron chi connectivity index (χ1n) is 11.5. The number of aromatic nitrogens is 3. The molecule has 1 atom stereocenters. The lowest BCUT2D eigenvalue weighted by Crippen LogP contribution is -2.55. The van der Waals surface area contributed by atoms with E-state index in [4.69, 9.17) is 14.6 Å². The van der Waals surface area contributed by atoms with Crippen molar-refractivity contribution in [3.05, 3.63) is 18.4 Å². The second-order valence-electron chi connectivity index (χ2n) is 8.72. The summed E-state index contributed by atoms with van der Waals surface area (Å²) in [4.78, 5) is 31.8. The summed E-state index contributed by atoms with van der Waals surface area (Å²) in [6, 6.07) is 3.00. The van der Waals surface area contributed by atoms with Crippen molar-refractivity contribution in [2.45, 2.75) is 38.2 Å². The van der Waals surface area contributed by atoms with Gasteiger partial charge in [0.2, 0.25) is 11.9 Å². The van der Waals surface area contributed by atoms with Crippen LogP contribution in [0, 0.1) is 0 Å². The number of nitrogens with zero attached hydrogens (tertiary/aromatic N) is 6. The van der Waals surface area contributed by atoms with Crippen molar-refractivity contribution < 1.29 is 22.4 Å². The lowest BCUT2D eigenvalue weighted by Gasteiger charge is -2.38. The molecule has 3 aromatic rings. The summed E-state index contributed by atoms with van der Waals surface area (Å²) >= 11 is 0. The Morgan fingerprint density at radius 3 is 2.71 bits per heavy atom. The van der Waals surface area contributed by atoms with Crippen LogP contribution >= 0.6 is 0 Å². The molecular weight excluding hydrogens is 448 g/mol. The number of amides is 1. The van der Waals surface area contributed by atoms with E-state index in [9.17, 15) is 13.6 Å². The van der Waals surface area contributed by atoms with Crippen molar-refractivity contribution >= 4 is 28.9 Å². The van der Waals surface area contributed by atoms with Gasteiger partial charge in [-0.3, -0.25) is 9.69 Å². The standard InChI is InChI=1S/C22H27F2N7O3/c1-2-22(23,24)13-29-8-10-30(11-9-29)20(32)14-5-3-7-31(14)21-27-17(25)16-19(28-21)34-18(26-16)15-6-4-12-33-15/h4,6,12,14H,2-3,5,7-11,13H2,1H3,(H2,25,27,28)/t14-/m0/s1. The molecule has 2 aliphatic heterocycles. The third-order valence-corrected chi connectivity index (χ3v) is 6.46. The maximum absolute atomic E-state index is 13.7. The van der Waals surface area contributed by atoms with E-state index in [2.05, 4.69) is 15.0 Å².